The van der Waals surface area contributed by atoms with E-state index in [4.69, 9.17) is 23.2 Å². The number of thioether (sulfide) groups is 1. The molecule has 1 N–H and O–H groups in total. The molecule has 1 atom stereocenters. The molecular formula is C17H19Cl2NS. The van der Waals surface area contributed by atoms with Crippen LogP contribution in [-0.2, 0) is 0 Å². The summed E-state index contributed by atoms with van der Waals surface area (Å²) in [6, 6.07) is 16.7. The second-order valence-electron chi connectivity index (χ2n) is 4.80. The third-order valence-corrected chi connectivity index (χ3v) is 4.98. The Hall–Kier alpha value is -0.670. The molecule has 0 radical (unpaired) electrons. The van der Waals surface area contributed by atoms with Crippen LogP contribution in [0.5, 0.6) is 0 Å². The van der Waals surface area contributed by atoms with Gasteiger partial charge in [0.2, 0.25) is 0 Å². The van der Waals surface area contributed by atoms with E-state index in [-0.39, 0.29) is 0 Å². The zero-order valence-corrected chi connectivity index (χ0v) is 14.3. The largest absolute Gasteiger partial charge is 0.309 e. The van der Waals surface area contributed by atoms with E-state index in [0.717, 1.165) is 23.6 Å². The molecule has 0 spiro atoms. The molecule has 0 aliphatic heterocycles. The number of hydrogen-bond donors (Lipinski definition) is 1. The van der Waals surface area contributed by atoms with Crippen molar-refractivity contribution in [2.45, 2.75) is 24.3 Å². The fourth-order valence-electron chi connectivity index (χ4n) is 2.02. The first kappa shape index (κ1) is 16.7. The van der Waals surface area contributed by atoms with Crippen molar-refractivity contribution in [2.24, 2.45) is 0 Å². The normalized spacial score (nSPS) is 12.3. The summed E-state index contributed by atoms with van der Waals surface area (Å²) in [5, 5.41) is 4.81. The highest BCUT2D eigenvalue weighted by molar-refractivity contribution is 7.99. The van der Waals surface area contributed by atoms with Crippen molar-refractivity contribution in [1.29, 1.82) is 0 Å². The average Bonchev–Trinajstić information content (AvgIpc) is 2.51. The molecule has 0 aliphatic carbocycles. The van der Waals surface area contributed by atoms with Crippen LogP contribution >= 0.6 is 35.0 Å². The Labute approximate surface area is 141 Å². The van der Waals surface area contributed by atoms with Crippen molar-refractivity contribution in [1.82, 2.24) is 5.32 Å². The van der Waals surface area contributed by atoms with Crippen molar-refractivity contribution in [3.05, 3.63) is 64.1 Å². The number of benzene rings is 2. The topological polar surface area (TPSA) is 12.0 Å². The molecule has 112 valence electrons. The highest BCUT2D eigenvalue weighted by Crippen LogP contribution is 2.30. The van der Waals surface area contributed by atoms with Gasteiger partial charge in [0, 0.05) is 16.7 Å². The van der Waals surface area contributed by atoms with Gasteiger partial charge >= 0.3 is 0 Å². The lowest BCUT2D eigenvalue weighted by atomic mass is 10.1. The monoisotopic (exact) mass is 339 g/mol. The minimum absolute atomic E-state index is 0.339. The molecule has 0 aliphatic rings. The molecule has 0 saturated carbocycles. The third kappa shape index (κ3) is 5.23. The summed E-state index contributed by atoms with van der Waals surface area (Å²) in [5.74, 6) is 0.960. The first-order valence-corrected chi connectivity index (χ1v) is 8.81. The molecular weight excluding hydrogens is 321 g/mol. The van der Waals surface area contributed by atoms with Crippen LogP contribution in [0.4, 0.5) is 0 Å². The van der Waals surface area contributed by atoms with E-state index in [0.29, 0.717) is 16.1 Å². The van der Waals surface area contributed by atoms with Gasteiger partial charge in [0.15, 0.2) is 0 Å². The van der Waals surface area contributed by atoms with E-state index in [2.05, 4.69) is 36.5 Å². The summed E-state index contributed by atoms with van der Waals surface area (Å²) in [4.78, 5) is 1.14. The van der Waals surface area contributed by atoms with Gasteiger partial charge in [-0.25, -0.2) is 0 Å². The maximum atomic E-state index is 6.07. The van der Waals surface area contributed by atoms with E-state index >= 15 is 0 Å². The second-order valence-corrected chi connectivity index (χ2v) is 6.71. The molecule has 0 heterocycles. The molecule has 0 bridgehead atoms. The Bertz CT molecular complexity index is 560. The average molecular weight is 340 g/mol. The van der Waals surface area contributed by atoms with Crippen molar-refractivity contribution in [3.8, 4) is 0 Å². The van der Waals surface area contributed by atoms with Crippen molar-refractivity contribution in [3.63, 3.8) is 0 Å². The van der Waals surface area contributed by atoms with Crippen LogP contribution < -0.4 is 5.32 Å². The molecule has 0 amide bonds. The zero-order chi connectivity index (χ0) is 15.1. The minimum Gasteiger partial charge on any atom is -0.309 e. The molecule has 0 fully saturated rings. The summed E-state index contributed by atoms with van der Waals surface area (Å²) in [6.07, 6.45) is 1.13. The fraction of sp³-hybridized carbons (Fsp3) is 0.294. The van der Waals surface area contributed by atoms with Crippen molar-refractivity contribution < 1.29 is 0 Å². The van der Waals surface area contributed by atoms with Gasteiger partial charge in [-0.3, -0.25) is 0 Å². The van der Waals surface area contributed by atoms with E-state index in [1.807, 2.05) is 24.3 Å². The Kier molecular flexibility index (Phi) is 6.91. The molecule has 2 rings (SSSR count). The predicted molar refractivity (Wildman–Crippen MR) is 94.7 cm³/mol. The third-order valence-electron chi connectivity index (χ3n) is 3.15. The molecule has 21 heavy (non-hydrogen) atoms. The summed E-state index contributed by atoms with van der Waals surface area (Å²) < 4.78 is 0. The fourth-order valence-corrected chi connectivity index (χ4v) is 3.42. The number of nitrogens with one attached hydrogen (secondary N) is 1. The standard InChI is InChI=1S/C17H19Cl2NS/c1-2-10-20-17(13-6-4-3-5-7-13)12-21-14-8-9-15(18)16(19)11-14/h3-9,11,17,20H,2,10,12H2,1H3. The SMILES string of the molecule is CCCNC(CSc1ccc(Cl)c(Cl)c1)c1ccccc1. The van der Waals surface area contributed by atoms with Crippen LogP contribution in [0.3, 0.4) is 0 Å². The van der Waals surface area contributed by atoms with Crippen molar-refractivity contribution >= 4 is 35.0 Å². The predicted octanol–water partition coefficient (Wildman–Crippen LogP) is 5.83. The lowest BCUT2D eigenvalue weighted by molar-refractivity contribution is 0.577. The zero-order valence-electron chi connectivity index (χ0n) is 12.0. The highest BCUT2D eigenvalue weighted by Gasteiger charge is 2.11. The quantitative estimate of drug-likeness (QED) is 0.637. The van der Waals surface area contributed by atoms with Crippen LogP contribution in [0.2, 0.25) is 10.0 Å². The van der Waals surface area contributed by atoms with Crippen LogP contribution in [0.1, 0.15) is 24.9 Å². The Balaban J connectivity index is 2.03. The molecule has 4 heteroatoms. The summed E-state index contributed by atoms with van der Waals surface area (Å²) in [6.45, 7) is 3.20. The van der Waals surface area contributed by atoms with Gasteiger partial charge in [0.05, 0.1) is 10.0 Å². The molecule has 0 aromatic heterocycles. The van der Waals surface area contributed by atoms with Gasteiger partial charge in [-0.05, 0) is 36.7 Å². The first-order chi connectivity index (χ1) is 10.2. The van der Waals surface area contributed by atoms with Crippen LogP contribution in [0, 0.1) is 0 Å². The molecule has 2 aromatic rings. The van der Waals surface area contributed by atoms with E-state index in [1.165, 1.54) is 5.56 Å². The van der Waals surface area contributed by atoms with Crippen LogP contribution in [0.25, 0.3) is 0 Å². The lowest BCUT2D eigenvalue weighted by Gasteiger charge is -2.18. The van der Waals surface area contributed by atoms with E-state index in [1.54, 1.807) is 11.8 Å². The van der Waals surface area contributed by atoms with Gasteiger partial charge in [0.25, 0.3) is 0 Å². The van der Waals surface area contributed by atoms with Crippen LogP contribution in [0.15, 0.2) is 53.4 Å². The van der Waals surface area contributed by atoms with Crippen molar-refractivity contribution in [2.75, 3.05) is 12.3 Å². The maximum Gasteiger partial charge on any atom is 0.0603 e. The smallest absolute Gasteiger partial charge is 0.0603 e. The molecule has 0 saturated heterocycles. The van der Waals surface area contributed by atoms with E-state index in [9.17, 15) is 0 Å². The Morgan fingerprint density at radius 1 is 1.05 bits per heavy atom. The minimum atomic E-state index is 0.339. The highest BCUT2D eigenvalue weighted by atomic mass is 35.5. The van der Waals surface area contributed by atoms with Gasteiger partial charge < -0.3 is 5.32 Å². The first-order valence-electron chi connectivity index (χ1n) is 7.07. The lowest BCUT2D eigenvalue weighted by Crippen LogP contribution is -2.24. The molecule has 2 aromatic carbocycles. The number of halogens is 2. The summed E-state index contributed by atoms with van der Waals surface area (Å²) in [7, 11) is 0. The molecule has 1 nitrogen and oxygen atoms in total. The second kappa shape index (κ2) is 8.70. The Morgan fingerprint density at radius 2 is 1.81 bits per heavy atom. The number of hydrogen-bond acceptors (Lipinski definition) is 2. The molecule has 1 unspecified atom stereocenters. The van der Waals surface area contributed by atoms with Gasteiger partial charge in [-0.2, -0.15) is 0 Å². The van der Waals surface area contributed by atoms with Gasteiger partial charge in [-0.15, -0.1) is 11.8 Å². The van der Waals surface area contributed by atoms with Crippen LogP contribution in [-0.4, -0.2) is 12.3 Å². The summed E-state index contributed by atoms with van der Waals surface area (Å²) >= 11 is 13.8. The Morgan fingerprint density at radius 3 is 2.48 bits per heavy atom. The summed E-state index contributed by atoms with van der Waals surface area (Å²) in [5.41, 5.74) is 1.32. The maximum absolute atomic E-state index is 6.07. The number of rotatable bonds is 7. The van der Waals surface area contributed by atoms with Gasteiger partial charge in [-0.1, -0.05) is 60.5 Å². The van der Waals surface area contributed by atoms with E-state index < -0.39 is 0 Å². The van der Waals surface area contributed by atoms with Gasteiger partial charge in [0.1, 0.15) is 0 Å².